The third kappa shape index (κ3) is 4.06. The summed E-state index contributed by atoms with van der Waals surface area (Å²) in [5, 5.41) is 10.7. The Balaban J connectivity index is 1.93. The van der Waals surface area contributed by atoms with Gasteiger partial charge in [-0.25, -0.2) is 0 Å². The third-order valence-electron chi connectivity index (χ3n) is 4.22. The first kappa shape index (κ1) is 14.1. The van der Waals surface area contributed by atoms with Gasteiger partial charge >= 0.3 is 0 Å². The Kier molecular flexibility index (Phi) is 4.97. The van der Waals surface area contributed by atoms with Crippen LogP contribution >= 0.6 is 0 Å². The SMILES string of the molecule is C[NH+](Cc1ccc(C(=O)[O-])cc1)C1CCCCCC1. The number of hydrogen-bond donors (Lipinski definition) is 1. The van der Waals surface area contributed by atoms with Gasteiger partial charge in [0.05, 0.1) is 19.1 Å². The minimum atomic E-state index is -1.10. The van der Waals surface area contributed by atoms with E-state index >= 15 is 0 Å². The molecule has 0 aliphatic heterocycles. The fraction of sp³-hybridized carbons (Fsp3) is 0.562. The van der Waals surface area contributed by atoms with E-state index in [2.05, 4.69) is 7.05 Å². The maximum Gasteiger partial charge on any atom is 0.103 e. The molecule has 1 atom stereocenters. The van der Waals surface area contributed by atoms with E-state index in [0.29, 0.717) is 0 Å². The van der Waals surface area contributed by atoms with Gasteiger partial charge in [-0.2, -0.15) is 0 Å². The van der Waals surface area contributed by atoms with Crippen molar-refractivity contribution in [1.29, 1.82) is 0 Å². The van der Waals surface area contributed by atoms with E-state index < -0.39 is 5.97 Å². The van der Waals surface area contributed by atoms with E-state index in [1.807, 2.05) is 12.1 Å². The number of carboxylic acid groups (broad SMARTS) is 1. The predicted molar refractivity (Wildman–Crippen MR) is 72.9 cm³/mol. The van der Waals surface area contributed by atoms with Crippen molar-refractivity contribution < 1.29 is 14.8 Å². The Morgan fingerprint density at radius 3 is 2.26 bits per heavy atom. The van der Waals surface area contributed by atoms with Crippen LogP contribution in [0.4, 0.5) is 0 Å². The first-order chi connectivity index (χ1) is 9.16. The molecule has 0 spiro atoms. The zero-order valence-electron chi connectivity index (χ0n) is 11.7. The molecule has 1 aromatic carbocycles. The van der Waals surface area contributed by atoms with E-state index in [-0.39, 0.29) is 5.56 Å². The topological polar surface area (TPSA) is 44.6 Å². The molecule has 3 heteroatoms. The van der Waals surface area contributed by atoms with Crippen molar-refractivity contribution in [2.45, 2.75) is 51.1 Å². The molecule has 0 aromatic heterocycles. The molecule has 19 heavy (non-hydrogen) atoms. The maximum atomic E-state index is 10.7. The van der Waals surface area contributed by atoms with Crippen molar-refractivity contribution >= 4 is 5.97 Å². The van der Waals surface area contributed by atoms with Crippen molar-refractivity contribution in [3.05, 3.63) is 35.4 Å². The van der Waals surface area contributed by atoms with Crippen LogP contribution in [-0.4, -0.2) is 19.1 Å². The molecule has 0 radical (unpaired) electrons. The number of benzene rings is 1. The van der Waals surface area contributed by atoms with Crippen LogP contribution in [0.2, 0.25) is 0 Å². The van der Waals surface area contributed by atoms with Crippen LogP contribution in [0, 0.1) is 0 Å². The lowest BCUT2D eigenvalue weighted by atomic mass is 10.1. The molecule has 1 unspecified atom stereocenters. The number of aromatic carboxylic acids is 1. The van der Waals surface area contributed by atoms with Gasteiger partial charge in [-0.3, -0.25) is 0 Å². The van der Waals surface area contributed by atoms with Gasteiger partial charge in [0.2, 0.25) is 0 Å². The summed E-state index contributed by atoms with van der Waals surface area (Å²) in [5.41, 5.74) is 1.46. The molecular formula is C16H23NO2. The summed E-state index contributed by atoms with van der Waals surface area (Å²) in [6.45, 7) is 0.970. The molecule has 3 nitrogen and oxygen atoms in total. The van der Waals surface area contributed by atoms with Crippen molar-refractivity contribution in [3.8, 4) is 0 Å². The van der Waals surface area contributed by atoms with Crippen molar-refractivity contribution in [3.63, 3.8) is 0 Å². The van der Waals surface area contributed by atoms with Gasteiger partial charge in [-0.05, 0) is 31.2 Å². The molecule has 1 aliphatic carbocycles. The largest absolute Gasteiger partial charge is 0.545 e. The molecule has 0 saturated heterocycles. The molecule has 0 heterocycles. The molecule has 1 aliphatic rings. The molecule has 1 saturated carbocycles. The van der Waals surface area contributed by atoms with Crippen molar-refractivity contribution in [2.75, 3.05) is 7.05 Å². The average molecular weight is 261 g/mol. The van der Waals surface area contributed by atoms with Crippen LogP contribution in [0.25, 0.3) is 0 Å². The first-order valence-electron chi connectivity index (χ1n) is 7.29. The lowest BCUT2D eigenvalue weighted by Gasteiger charge is -2.24. The summed E-state index contributed by atoms with van der Waals surface area (Å²) in [6, 6.07) is 7.86. The number of carbonyl (C=O) groups is 1. The fourth-order valence-electron chi connectivity index (χ4n) is 3.00. The minimum Gasteiger partial charge on any atom is -0.545 e. The first-order valence-corrected chi connectivity index (χ1v) is 7.29. The van der Waals surface area contributed by atoms with E-state index in [9.17, 15) is 9.90 Å². The van der Waals surface area contributed by atoms with Crippen LogP contribution in [0.15, 0.2) is 24.3 Å². The summed E-state index contributed by atoms with van der Waals surface area (Å²) >= 11 is 0. The van der Waals surface area contributed by atoms with E-state index in [1.54, 1.807) is 17.0 Å². The highest BCUT2D eigenvalue weighted by molar-refractivity contribution is 5.85. The number of carbonyl (C=O) groups excluding carboxylic acids is 1. The Morgan fingerprint density at radius 2 is 1.74 bits per heavy atom. The highest BCUT2D eigenvalue weighted by Crippen LogP contribution is 2.15. The number of quaternary nitrogens is 1. The third-order valence-corrected chi connectivity index (χ3v) is 4.22. The van der Waals surface area contributed by atoms with Crippen LogP contribution in [0.5, 0.6) is 0 Å². The van der Waals surface area contributed by atoms with Crippen LogP contribution < -0.4 is 10.0 Å². The van der Waals surface area contributed by atoms with E-state index in [0.717, 1.165) is 12.6 Å². The second-order valence-corrected chi connectivity index (χ2v) is 5.70. The van der Waals surface area contributed by atoms with Crippen LogP contribution in [0.3, 0.4) is 0 Å². The summed E-state index contributed by atoms with van der Waals surface area (Å²) in [6.07, 6.45) is 8.11. The monoisotopic (exact) mass is 261 g/mol. The molecule has 2 rings (SSSR count). The number of rotatable bonds is 4. The fourth-order valence-corrected chi connectivity index (χ4v) is 3.00. The van der Waals surface area contributed by atoms with Gasteiger partial charge in [0, 0.05) is 5.56 Å². The average Bonchev–Trinajstić information content (AvgIpc) is 2.68. The summed E-state index contributed by atoms with van der Waals surface area (Å²) in [5.74, 6) is -1.10. The summed E-state index contributed by atoms with van der Waals surface area (Å²) in [7, 11) is 2.25. The van der Waals surface area contributed by atoms with Gasteiger partial charge in [0.15, 0.2) is 0 Å². The molecule has 0 bridgehead atoms. The summed E-state index contributed by atoms with van der Waals surface area (Å²) in [4.78, 5) is 12.2. The second kappa shape index (κ2) is 6.71. The maximum absolute atomic E-state index is 10.7. The van der Waals surface area contributed by atoms with Crippen molar-refractivity contribution in [1.82, 2.24) is 0 Å². The number of carboxylic acids is 1. The molecular weight excluding hydrogens is 238 g/mol. The quantitative estimate of drug-likeness (QED) is 0.814. The minimum absolute atomic E-state index is 0.260. The van der Waals surface area contributed by atoms with Gasteiger partial charge < -0.3 is 14.8 Å². The van der Waals surface area contributed by atoms with E-state index in [4.69, 9.17) is 0 Å². The Labute approximate surface area is 115 Å². The predicted octanol–water partition coefficient (Wildman–Crippen LogP) is 0.788. The Bertz CT molecular complexity index is 405. The van der Waals surface area contributed by atoms with E-state index in [1.165, 1.54) is 44.1 Å². The number of nitrogens with one attached hydrogen (secondary N) is 1. The van der Waals surface area contributed by atoms with Crippen LogP contribution in [-0.2, 0) is 6.54 Å². The molecule has 1 fully saturated rings. The second-order valence-electron chi connectivity index (χ2n) is 5.70. The highest BCUT2D eigenvalue weighted by atomic mass is 16.4. The summed E-state index contributed by atoms with van der Waals surface area (Å²) < 4.78 is 0. The molecule has 104 valence electrons. The van der Waals surface area contributed by atoms with Crippen molar-refractivity contribution in [2.24, 2.45) is 0 Å². The Hall–Kier alpha value is -1.35. The standard InChI is InChI=1S/C16H23NO2/c1-17(15-6-4-2-3-5-7-15)12-13-8-10-14(11-9-13)16(18)19/h8-11,15H,2-7,12H2,1H3,(H,18,19). The highest BCUT2D eigenvalue weighted by Gasteiger charge is 2.20. The molecule has 1 N–H and O–H groups in total. The normalized spacial score (nSPS) is 18.8. The number of hydrogen-bond acceptors (Lipinski definition) is 2. The lowest BCUT2D eigenvalue weighted by molar-refractivity contribution is -0.920. The lowest BCUT2D eigenvalue weighted by Crippen LogP contribution is -3.11. The van der Waals surface area contributed by atoms with Gasteiger partial charge in [-0.15, -0.1) is 0 Å². The van der Waals surface area contributed by atoms with Gasteiger partial charge in [-0.1, -0.05) is 37.1 Å². The smallest absolute Gasteiger partial charge is 0.103 e. The zero-order valence-corrected chi connectivity index (χ0v) is 11.7. The zero-order chi connectivity index (χ0) is 13.7. The molecule has 1 aromatic rings. The van der Waals surface area contributed by atoms with Gasteiger partial charge in [0.25, 0.3) is 0 Å². The van der Waals surface area contributed by atoms with Crippen LogP contribution in [0.1, 0.15) is 54.4 Å². The Morgan fingerprint density at radius 1 is 1.16 bits per heavy atom. The van der Waals surface area contributed by atoms with Gasteiger partial charge in [0.1, 0.15) is 6.54 Å². The molecule has 0 amide bonds.